The van der Waals surface area contributed by atoms with Crippen LogP contribution in [0.15, 0.2) is 30.3 Å². The number of hydrogen-bond donors (Lipinski definition) is 1. The standard InChI is InChI=1S/C11H12N2/c1-2-9-3-5-10(6-4-9)11(13)7-8-12/h3-7H,2,13H2,1H3/b11-7+. The summed E-state index contributed by atoms with van der Waals surface area (Å²) in [6.45, 7) is 2.10. The lowest BCUT2D eigenvalue weighted by Crippen LogP contribution is -1.95. The highest BCUT2D eigenvalue weighted by atomic mass is 14.6. The minimum absolute atomic E-state index is 0.519. The van der Waals surface area contributed by atoms with Gasteiger partial charge < -0.3 is 5.73 Å². The van der Waals surface area contributed by atoms with E-state index in [1.54, 1.807) is 0 Å². The lowest BCUT2D eigenvalue weighted by Gasteiger charge is -2.00. The molecule has 2 N–H and O–H groups in total. The highest BCUT2D eigenvalue weighted by Gasteiger charge is 1.95. The molecule has 0 aromatic heterocycles. The molecule has 0 heterocycles. The van der Waals surface area contributed by atoms with Crippen LogP contribution in [0.2, 0.25) is 0 Å². The molecule has 0 unspecified atom stereocenters. The van der Waals surface area contributed by atoms with E-state index < -0.39 is 0 Å². The van der Waals surface area contributed by atoms with Crippen LogP contribution in [0.3, 0.4) is 0 Å². The molecule has 0 atom stereocenters. The predicted octanol–water partition coefficient (Wildman–Crippen LogP) is 2.07. The summed E-state index contributed by atoms with van der Waals surface area (Å²) in [4.78, 5) is 0. The largest absolute Gasteiger partial charge is 0.398 e. The number of nitrogens with two attached hydrogens (primary N) is 1. The summed E-state index contributed by atoms with van der Waals surface area (Å²) in [5.41, 5.74) is 8.33. The number of nitrogens with zero attached hydrogens (tertiary/aromatic N) is 1. The molecule has 0 fully saturated rings. The van der Waals surface area contributed by atoms with Crippen LogP contribution in [-0.2, 0) is 6.42 Å². The molecule has 0 spiro atoms. The van der Waals surface area contributed by atoms with E-state index in [0.29, 0.717) is 5.70 Å². The summed E-state index contributed by atoms with van der Waals surface area (Å²) < 4.78 is 0. The van der Waals surface area contributed by atoms with Gasteiger partial charge in [0.25, 0.3) is 0 Å². The monoisotopic (exact) mass is 172 g/mol. The fraction of sp³-hybridized carbons (Fsp3) is 0.182. The van der Waals surface area contributed by atoms with E-state index in [-0.39, 0.29) is 0 Å². The molecule has 2 nitrogen and oxygen atoms in total. The molecule has 2 heteroatoms. The zero-order valence-electron chi connectivity index (χ0n) is 7.62. The van der Waals surface area contributed by atoms with Crippen LogP contribution >= 0.6 is 0 Å². The topological polar surface area (TPSA) is 49.8 Å². The second kappa shape index (κ2) is 4.32. The van der Waals surface area contributed by atoms with E-state index in [0.717, 1.165) is 12.0 Å². The van der Waals surface area contributed by atoms with E-state index in [4.69, 9.17) is 11.0 Å². The van der Waals surface area contributed by atoms with Gasteiger partial charge in [0.2, 0.25) is 0 Å². The molecule has 1 rings (SSSR count). The van der Waals surface area contributed by atoms with Crippen molar-refractivity contribution in [2.45, 2.75) is 13.3 Å². The van der Waals surface area contributed by atoms with Crippen molar-refractivity contribution in [2.24, 2.45) is 5.73 Å². The van der Waals surface area contributed by atoms with Gasteiger partial charge >= 0.3 is 0 Å². The average molecular weight is 172 g/mol. The number of nitriles is 1. The molecule has 0 bridgehead atoms. The van der Waals surface area contributed by atoms with Gasteiger partial charge in [0.1, 0.15) is 0 Å². The third-order valence-electron chi connectivity index (χ3n) is 1.92. The van der Waals surface area contributed by atoms with Gasteiger partial charge in [-0.3, -0.25) is 0 Å². The molecule has 0 aliphatic heterocycles. The Morgan fingerprint density at radius 3 is 2.54 bits per heavy atom. The smallest absolute Gasteiger partial charge is 0.0933 e. The van der Waals surface area contributed by atoms with E-state index in [2.05, 4.69) is 6.92 Å². The average Bonchev–Trinajstić information content (AvgIpc) is 2.18. The Morgan fingerprint density at radius 2 is 2.08 bits per heavy atom. The Balaban J connectivity index is 2.94. The van der Waals surface area contributed by atoms with Crippen molar-refractivity contribution in [1.29, 1.82) is 5.26 Å². The summed E-state index contributed by atoms with van der Waals surface area (Å²) in [6.07, 6.45) is 2.36. The Bertz CT molecular complexity index is 341. The van der Waals surface area contributed by atoms with Crippen LogP contribution in [0.25, 0.3) is 5.70 Å². The molecule has 0 saturated carbocycles. The van der Waals surface area contributed by atoms with Crippen molar-refractivity contribution in [2.75, 3.05) is 0 Å². The number of rotatable bonds is 2. The quantitative estimate of drug-likeness (QED) is 0.694. The molecular formula is C11H12N2. The van der Waals surface area contributed by atoms with Gasteiger partial charge in [-0.1, -0.05) is 31.2 Å². The number of aryl methyl sites for hydroxylation is 1. The van der Waals surface area contributed by atoms with Gasteiger partial charge in [0.15, 0.2) is 0 Å². The van der Waals surface area contributed by atoms with E-state index >= 15 is 0 Å². The maximum Gasteiger partial charge on any atom is 0.0933 e. The Hall–Kier alpha value is -1.75. The molecule has 13 heavy (non-hydrogen) atoms. The molecule has 0 aliphatic rings. The molecule has 0 aliphatic carbocycles. The van der Waals surface area contributed by atoms with Gasteiger partial charge in [0.05, 0.1) is 6.07 Å². The van der Waals surface area contributed by atoms with Crippen LogP contribution in [0.4, 0.5) is 0 Å². The Kier molecular flexibility index (Phi) is 3.10. The fourth-order valence-corrected chi connectivity index (χ4v) is 1.09. The van der Waals surface area contributed by atoms with Crippen molar-refractivity contribution < 1.29 is 0 Å². The minimum Gasteiger partial charge on any atom is -0.398 e. The lowest BCUT2D eigenvalue weighted by molar-refractivity contribution is 1.14. The van der Waals surface area contributed by atoms with E-state index in [1.165, 1.54) is 11.6 Å². The summed E-state index contributed by atoms with van der Waals surface area (Å²) in [5, 5.41) is 8.39. The SMILES string of the molecule is CCc1ccc(/C(N)=C\C#N)cc1. The van der Waals surface area contributed by atoms with E-state index in [1.807, 2.05) is 30.3 Å². The molecule has 0 saturated heterocycles. The van der Waals surface area contributed by atoms with E-state index in [9.17, 15) is 0 Å². The molecule has 0 amide bonds. The summed E-state index contributed by atoms with van der Waals surface area (Å²) in [6, 6.07) is 9.82. The van der Waals surface area contributed by atoms with Crippen molar-refractivity contribution in [1.82, 2.24) is 0 Å². The van der Waals surface area contributed by atoms with Crippen molar-refractivity contribution in [3.8, 4) is 6.07 Å². The maximum atomic E-state index is 8.39. The number of benzene rings is 1. The van der Waals surface area contributed by atoms with Gasteiger partial charge in [0, 0.05) is 11.8 Å². The van der Waals surface area contributed by atoms with Crippen molar-refractivity contribution >= 4 is 5.70 Å². The maximum absolute atomic E-state index is 8.39. The van der Waals surface area contributed by atoms with Crippen LogP contribution in [0, 0.1) is 11.3 Å². The van der Waals surface area contributed by atoms with Crippen LogP contribution < -0.4 is 5.73 Å². The second-order valence-corrected chi connectivity index (χ2v) is 2.78. The minimum atomic E-state index is 0.519. The highest BCUT2D eigenvalue weighted by Crippen LogP contribution is 2.10. The van der Waals surface area contributed by atoms with Crippen LogP contribution in [-0.4, -0.2) is 0 Å². The molecule has 1 aromatic rings. The Labute approximate surface area is 78.3 Å². The summed E-state index contributed by atoms with van der Waals surface area (Å²) >= 11 is 0. The van der Waals surface area contributed by atoms with Gasteiger partial charge in [-0.15, -0.1) is 0 Å². The van der Waals surface area contributed by atoms with Crippen LogP contribution in [0.1, 0.15) is 18.1 Å². The predicted molar refractivity (Wildman–Crippen MR) is 53.6 cm³/mol. The molecule has 0 radical (unpaired) electrons. The third kappa shape index (κ3) is 2.34. The molecular weight excluding hydrogens is 160 g/mol. The molecule has 66 valence electrons. The first-order valence-corrected chi connectivity index (χ1v) is 4.22. The van der Waals surface area contributed by atoms with Crippen molar-refractivity contribution in [3.63, 3.8) is 0 Å². The summed E-state index contributed by atoms with van der Waals surface area (Å²) in [7, 11) is 0. The number of hydrogen-bond acceptors (Lipinski definition) is 2. The van der Waals surface area contributed by atoms with Gasteiger partial charge in [-0.25, -0.2) is 0 Å². The highest BCUT2D eigenvalue weighted by molar-refractivity contribution is 5.64. The van der Waals surface area contributed by atoms with Gasteiger partial charge in [-0.2, -0.15) is 5.26 Å². The first-order valence-electron chi connectivity index (χ1n) is 4.22. The number of allylic oxidation sites excluding steroid dienone is 1. The van der Waals surface area contributed by atoms with Gasteiger partial charge in [-0.05, 0) is 17.5 Å². The normalized spacial score (nSPS) is 10.9. The first-order chi connectivity index (χ1) is 6.27. The lowest BCUT2D eigenvalue weighted by atomic mass is 10.1. The second-order valence-electron chi connectivity index (χ2n) is 2.78. The first kappa shape index (κ1) is 9.34. The summed E-state index contributed by atoms with van der Waals surface area (Å²) in [5.74, 6) is 0. The fourth-order valence-electron chi connectivity index (χ4n) is 1.09. The van der Waals surface area contributed by atoms with Crippen molar-refractivity contribution in [3.05, 3.63) is 41.5 Å². The molecule has 1 aromatic carbocycles. The zero-order valence-corrected chi connectivity index (χ0v) is 7.62. The Morgan fingerprint density at radius 1 is 1.46 bits per heavy atom. The van der Waals surface area contributed by atoms with Crippen LogP contribution in [0.5, 0.6) is 0 Å². The zero-order chi connectivity index (χ0) is 9.68. The third-order valence-corrected chi connectivity index (χ3v) is 1.92.